The highest BCUT2D eigenvalue weighted by atomic mass is 127. The van der Waals surface area contributed by atoms with Gasteiger partial charge in [0, 0.05) is 38.6 Å². The highest BCUT2D eigenvalue weighted by Crippen LogP contribution is 2.52. The number of aliphatic imine (C=N–C) groups is 1. The molecule has 1 aromatic rings. The van der Waals surface area contributed by atoms with Crippen LogP contribution in [0.3, 0.4) is 0 Å². The van der Waals surface area contributed by atoms with Crippen LogP contribution >= 0.6 is 24.0 Å². The quantitative estimate of drug-likeness (QED) is 0.133. The minimum atomic E-state index is -0.105. The smallest absolute Gasteiger partial charge is 0.233 e. The van der Waals surface area contributed by atoms with E-state index in [-0.39, 0.29) is 59.5 Å². The summed E-state index contributed by atoms with van der Waals surface area (Å²) in [6.07, 6.45) is 10.5. The molecule has 2 aliphatic carbocycles. The number of halogens is 1. The molecule has 2 fully saturated rings. The molecule has 0 spiro atoms. The average molecular weight is 537 g/mol. The van der Waals surface area contributed by atoms with Crippen molar-refractivity contribution in [3.63, 3.8) is 0 Å². The van der Waals surface area contributed by atoms with Crippen molar-refractivity contribution in [2.24, 2.45) is 28.7 Å². The molecule has 4 rings (SSSR count). The van der Waals surface area contributed by atoms with Crippen LogP contribution in [0.15, 0.2) is 35.6 Å². The van der Waals surface area contributed by atoms with Gasteiger partial charge in [-0.25, -0.2) is 0 Å². The summed E-state index contributed by atoms with van der Waals surface area (Å²) in [6.45, 7) is 6.69. The molecule has 2 bridgehead atoms. The van der Waals surface area contributed by atoms with Gasteiger partial charge in [0.2, 0.25) is 11.8 Å². The normalized spacial score (nSPS) is 26.3. The molecule has 0 aromatic carbocycles. The van der Waals surface area contributed by atoms with E-state index in [1.807, 2.05) is 25.4 Å². The van der Waals surface area contributed by atoms with E-state index in [1.54, 1.807) is 0 Å². The number of carbonyl (C=O) groups is 2. The van der Waals surface area contributed by atoms with E-state index < -0.39 is 0 Å². The van der Waals surface area contributed by atoms with Gasteiger partial charge in [0.25, 0.3) is 0 Å². The molecule has 2 amide bonds. The number of nitrogens with zero attached hydrogens (tertiary/aromatic N) is 3. The van der Waals surface area contributed by atoms with Crippen LogP contribution < -0.4 is 10.6 Å². The van der Waals surface area contributed by atoms with E-state index in [2.05, 4.69) is 39.7 Å². The summed E-state index contributed by atoms with van der Waals surface area (Å²) in [6, 6.07) is 2.04. The molecule has 1 aliphatic heterocycles. The molecule has 168 valence electrons. The van der Waals surface area contributed by atoms with E-state index in [4.69, 9.17) is 0 Å². The SMILES string of the molecule is CCNC(=NCCCN1C(=O)C2C3C=CC(C3)C2C1=O)NCCc1ccncc1C.I. The minimum Gasteiger partial charge on any atom is -0.357 e. The number of hydrogen-bond donors (Lipinski definition) is 2. The maximum atomic E-state index is 12.7. The fourth-order valence-electron chi connectivity index (χ4n) is 5.04. The van der Waals surface area contributed by atoms with Crippen molar-refractivity contribution in [3.05, 3.63) is 41.7 Å². The Balaban J connectivity index is 0.00000272. The first kappa shape index (κ1) is 23.7. The van der Waals surface area contributed by atoms with Gasteiger partial charge in [-0.15, -0.1) is 24.0 Å². The largest absolute Gasteiger partial charge is 0.357 e. The lowest BCUT2D eigenvalue weighted by molar-refractivity contribution is -0.140. The second-order valence-corrected chi connectivity index (χ2v) is 8.42. The standard InChI is InChI=1S/C23H31N5O2.HI/c1-3-25-23(27-11-8-16-7-10-24-14-15(16)2)26-9-4-12-28-21(29)19-17-5-6-18(13-17)20(19)22(28)30;/h5-7,10,14,17-20H,3-4,8-9,11-13H2,1-2H3,(H2,25,26,27);1H. The molecule has 3 aliphatic rings. The molecule has 2 N–H and O–H groups in total. The third-order valence-electron chi connectivity index (χ3n) is 6.54. The zero-order valence-electron chi connectivity index (χ0n) is 18.2. The number of hydrogen-bond acceptors (Lipinski definition) is 4. The number of aromatic nitrogens is 1. The molecule has 8 heteroatoms. The third kappa shape index (κ3) is 4.94. The van der Waals surface area contributed by atoms with Crippen molar-refractivity contribution in [2.45, 2.75) is 33.1 Å². The van der Waals surface area contributed by atoms with Crippen molar-refractivity contribution < 1.29 is 9.59 Å². The highest BCUT2D eigenvalue weighted by molar-refractivity contribution is 14.0. The van der Waals surface area contributed by atoms with E-state index >= 15 is 0 Å². The monoisotopic (exact) mass is 537 g/mol. The number of aryl methyl sites for hydroxylation is 1. The van der Waals surface area contributed by atoms with Gasteiger partial charge in [-0.1, -0.05) is 12.2 Å². The zero-order chi connectivity index (χ0) is 21.1. The first-order valence-electron chi connectivity index (χ1n) is 11.1. The summed E-state index contributed by atoms with van der Waals surface area (Å²) in [5, 5.41) is 6.61. The van der Waals surface area contributed by atoms with E-state index in [1.165, 1.54) is 16.0 Å². The summed E-state index contributed by atoms with van der Waals surface area (Å²) in [5.41, 5.74) is 2.46. The number of imide groups is 1. The molecule has 2 heterocycles. The van der Waals surface area contributed by atoms with Crippen LogP contribution in [0.5, 0.6) is 0 Å². The maximum absolute atomic E-state index is 12.7. The molecule has 0 radical (unpaired) electrons. The molecular formula is C23H32IN5O2. The van der Waals surface area contributed by atoms with Gasteiger partial charge < -0.3 is 10.6 Å². The first-order chi connectivity index (χ1) is 14.6. The average Bonchev–Trinajstić information content (AvgIpc) is 3.41. The van der Waals surface area contributed by atoms with Gasteiger partial charge in [-0.3, -0.25) is 24.5 Å². The van der Waals surface area contributed by atoms with Gasteiger partial charge in [0.15, 0.2) is 5.96 Å². The third-order valence-corrected chi connectivity index (χ3v) is 6.54. The Bertz CT molecular complexity index is 841. The number of carbonyl (C=O) groups excluding carboxylic acids is 2. The Morgan fingerprint density at radius 3 is 2.55 bits per heavy atom. The summed E-state index contributed by atoms with van der Waals surface area (Å²) in [5.74, 6) is 1.16. The van der Waals surface area contributed by atoms with Crippen LogP contribution in [0.4, 0.5) is 0 Å². The number of fused-ring (bicyclic) bond motifs is 5. The summed E-state index contributed by atoms with van der Waals surface area (Å²) in [4.78, 5) is 35.7. The van der Waals surface area contributed by atoms with Crippen molar-refractivity contribution in [3.8, 4) is 0 Å². The van der Waals surface area contributed by atoms with Crippen molar-refractivity contribution in [1.29, 1.82) is 0 Å². The predicted molar refractivity (Wildman–Crippen MR) is 131 cm³/mol. The first-order valence-corrected chi connectivity index (χ1v) is 11.1. The molecule has 4 unspecified atom stereocenters. The van der Waals surface area contributed by atoms with Crippen LogP contribution in [-0.4, -0.2) is 53.8 Å². The van der Waals surface area contributed by atoms with E-state index in [9.17, 15) is 9.59 Å². The van der Waals surface area contributed by atoms with Crippen LogP contribution in [-0.2, 0) is 16.0 Å². The summed E-state index contributed by atoms with van der Waals surface area (Å²) in [7, 11) is 0. The van der Waals surface area contributed by atoms with Crippen molar-refractivity contribution >= 4 is 41.8 Å². The number of guanidine groups is 1. The molecule has 1 aromatic heterocycles. The lowest BCUT2D eigenvalue weighted by atomic mass is 9.85. The molecule has 31 heavy (non-hydrogen) atoms. The molecule has 7 nitrogen and oxygen atoms in total. The maximum Gasteiger partial charge on any atom is 0.233 e. The minimum absolute atomic E-state index is 0. The van der Waals surface area contributed by atoms with Crippen LogP contribution in [0.2, 0.25) is 0 Å². The zero-order valence-corrected chi connectivity index (χ0v) is 20.5. The summed E-state index contributed by atoms with van der Waals surface area (Å²) < 4.78 is 0. The Kier molecular flexibility index (Phi) is 8.07. The van der Waals surface area contributed by atoms with Crippen LogP contribution in [0.25, 0.3) is 0 Å². The Hall–Kier alpha value is -1.97. The number of allylic oxidation sites excluding steroid dienone is 2. The van der Waals surface area contributed by atoms with Gasteiger partial charge in [0.1, 0.15) is 0 Å². The highest BCUT2D eigenvalue weighted by Gasteiger charge is 2.58. The Labute approximate surface area is 201 Å². The lowest BCUT2D eigenvalue weighted by Gasteiger charge is -2.17. The topological polar surface area (TPSA) is 86.7 Å². The van der Waals surface area contributed by atoms with Crippen molar-refractivity contribution in [1.82, 2.24) is 20.5 Å². The van der Waals surface area contributed by atoms with Gasteiger partial charge in [0.05, 0.1) is 11.8 Å². The van der Waals surface area contributed by atoms with Crippen LogP contribution in [0, 0.1) is 30.6 Å². The number of nitrogens with one attached hydrogen (secondary N) is 2. The van der Waals surface area contributed by atoms with Gasteiger partial charge >= 0.3 is 0 Å². The Morgan fingerprint density at radius 2 is 1.90 bits per heavy atom. The van der Waals surface area contributed by atoms with Crippen LogP contribution in [0.1, 0.15) is 30.9 Å². The van der Waals surface area contributed by atoms with Crippen molar-refractivity contribution in [2.75, 3.05) is 26.2 Å². The van der Waals surface area contributed by atoms with E-state index in [0.29, 0.717) is 19.5 Å². The van der Waals surface area contributed by atoms with E-state index in [0.717, 1.165) is 31.9 Å². The van der Waals surface area contributed by atoms with Gasteiger partial charge in [-0.2, -0.15) is 0 Å². The van der Waals surface area contributed by atoms with Gasteiger partial charge in [-0.05, 0) is 62.1 Å². The number of amides is 2. The molecule has 1 saturated heterocycles. The second kappa shape index (κ2) is 10.6. The summed E-state index contributed by atoms with van der Waals surface area (Å²) >= 11 is 0. The lowest BCUT2D eigenvalue weighted by Crippen LogP contribution is -2.38. The second-order valence-electron chi connectivity index (χ2n) is 8.42. The fraction of sp³-hybridized carbons (Fsp3) is 0.565. The molecular weight excluding hydrogens is 505 g/mol. The fourth-order valence-corrected chi connectivity index (χ4v) is 5.04. The molecule has 4 atom stereocenters. The number of rotatable bonds is 8. The predicted octanol–water partition coefficient (Wildman–Crippen LogP) is 2.30. The number of likely N-dealkylation sites (tertiary alicyclic amines) is 1. The number of pyridine rings is 1. The Morgan fingerprint density at radius 1 is 1.19 bits per heavy atom. The molecule has 1 saturated carbocycles.